The molecule has 1 atom stereocenters. The Hall–Kier alpha value is -4.37. The normalized spacial score (nSPS) is 14.9. The minimum Gasteiger partial charge on any atom is -0.496 e. The van der Waals surface area contributed by atoms with Crippen LogP contribution in [0.2, 0.25) is 5.02 Å². The largest absolute Gasteiger partial charge is 0.496 e. The maximum atomic E-state index is 13.6. The lowest BCUT2D eigenvalue weighted by atomic mass is 10.0. The Morgan fingerprint density at radius 1 is 1.14 bits per heavy atom. The second-order valence-corrected chi connectivity index (χ2v) is 8.40. The first kappa shape index (κ1) is 22.4. The molecule has 5 rings (SSSR count). The van der Waals surface area contributed by atoms with Gasteiger partial charge in [0.05, 0.1) is 24.1 Å². The number of amides is 1. The van der Waals surface area contributed by atoms with Crippen molar-refractivity contribution < 1.29 is 14.5 Å². The third-order valence-electron chi connectivity index (χ3n) is 5.81. The van der Waals surface area contributed by atoms with Gasteiger partial charge in [-0.05, 0) is 54.1 Å². The van der Waals surface area contributed by atoms with Gasteiger partial charge in [-0.3, -0.25) is 24.5 Å². The van der Waals surface area contributed by atoms with Crippen LogP contribution in [0, 0.1) is 10.1 Å². The van der Waals surface area contributed by atoms with Crippen LogP contribution in [0.4, 0.5) is 17.1 Å². The fourth-order valence-corrected chi connectivity index (χ4v) is 4.28. The summed E-state index contributed by atoms with van der Waals surface area (Å²) in [4.78, 5) is 25.8. The number of fused-ring (bicyclic) bond motifs is 1. The highest BCUT2D eigenvalue weighted by atomic mass is 35.5. The standard InChI is InChI=1S/C25H20ClN5O4/c1-35-23-11-6-16(12-17(23)14-29-15-20(13-27-29)31(33)34)24-28-22-5-3-2-4-21(22)25(32)30(24)19-9-7-18(26)8-10-19/h2-13,15,24,28H,14H2,1H3. The number of halogens is 1. The molecule has 0 saturated heterocycles. The first-order valence-corrected chi connectivity index (χ1v) is 11.1. The predicted octanol–water partition coefficient (Wildman–Crippen LogP) is 5.27. The number of anilines is 2. The van der Waals surface area contributed by atoms with Gasteiger partial charge in [0.15, 0.2) is 0 Å². The Bertz CT molecular complexity index is 1420. The fourth-order valence-electron chi connectivity index (χ4n) is 4.15. The zero-order valence-corrected chi connectivity index (χ0v) is 19.3. The Morgan fingerprint density at radius 2 is 1.91 bits per heavy atom. The highest BCUT2D eigenvalue weighted by Crippen LogP contribution is 2.38. The second kappa shape index (κ2) is 9.11. The number of aromatic nitrogens is 2. The van der Waals surface area contributed by atoms with Crippen molar-refractivity contribution in [1.29, 1.82) is 0 Å². The molecular weight excluding hydrogens is 470 g/mol. The molecule has 1 aromatic heterocycles. The van der Waals surface area contributed by atoms with E-state index in [1.54, 1.807) is 42.3 Å². The third-order valence-corrected chi connectivity index (χ3v) is 6.07. The highest BCUT2D eigenvalue weighted by Gasteiger charge is 2.34. The van der Waals surface area contributed by atoms with Crippen molar-refractivity contribution in [1.82, 2.24) is 9.78 Å². The first-order valence-electron chi connectivity index (χ1n) is 10.7. The van der Waals surface area contributed by atoms with E-state index in [1.807, 2.05) is 36.4 Å². The summed E-state index contributed by atoms with van der Waals surface area (Å²) in [6, 6.07) is 20.1. The van der Waals surface area contributed by atoms with E-state index in [9.17, 15) is 14.9 Å². The SMILES string of the molecule is COc1ccc(C2Nc3ccccc3C(=O)N2c2ccc(Cl)cc2)cc1Cn1cc([N+](=O)[O-])cn1. The summed E-state index contributed by atoms with van der Waals surface area (Å²) in [5, 5.41) is 19.2. The van der Waals surface area contributed by atoms with Gasteiger partial charge in [-0.2, -0.15) is 5.10 Å². The molecule has 2 heterocycles. The molecule has 1 unspecified atom stereocenters. The molecule has 0 bridgehead atoms. The monoisotopic (exact) mass is 489 g/mol. The van der Waals surface area contributed by atoms with Crippen molar-refractivity contribution in [2.24, 2.45) is 0 Å². The number of hydrogen-bond acceptors (Lipinski definition) is 6. The number of methoxy groups -OCH3 is 1. The number of rotatable bonds is 6. The van der Waals surface area contributed by atoms with Gasteiger partial charge in [0.25, 0.3) is 5.91 Å². The van der Waals surface area contributed by atoms with Gasteiger partial charge in [-0.1, -0.05) is 29.8 Å². The minimum atomic E-state index is -0.518. The zero-order chi connectivity index (χ0) is 24.5. The summed E-state index contributed by atoms with van der Waals surface area (Å²) in [6.45, 7) is 0.253. The molecule has 0 saturated carbocycles. The van der Waals surface area contributed by atoms with E-state index in [-0.39, 0.29) is 18.1 Å². The Morgan fingerprint density at radius 3 is 2.63 bits per heavy atom. The van der Waals surface area contributed by atoms with Crippen molar-refractivity contribution in [2.45, 2.75) is 12.7 Å². The van der Waals surface area contributed by atoms with Crippen LogP contribution in [0.25, 0.3) is 0 Å². The second-order valence-electron chi connectivity index (χ2n) is 7.97. The number of nitrogens with one attached hydrogen (secondary N) is 1. The molecule has 1 amide bonds. The summed E-state index contributed by atoms with van der Waals surface area (Å²) >= 11 is 6.09. The number of carbonyl (C=O) groups is 1. The molecule has 0 aliphatic carbocycles. The van der Waals surface area contributed by atoms with Crippen LogP contribution in [-0.4, -0.2) is 27.7 Å². The van der Waals surface area contributed by atoms with Crippen LogP contribution in [0.3, 0.4) is 0 Å². The smallest absolute Gasteiger partial charge is 0.307 e. The molecule has 1 aliphatic rings. The molecule has 0 radical (unpaired) electrons. The van der Waals surface area contributed by atoms with Crippen LogP contribution in [0.1, 0.15) is 27.7 Å². The molecule has 1 aliphatic heterocycles. The number of carbonyl (C=O) groups excluding carboxylic acids is 1. The molecule has 4 aromatic rings. The van der Waals surface area contributed by atoms with E-state index >= 15 is 0 Å². The van der Waals surface area contributed by atoms with Crippen molar-refractivity contribution in [2.75, 3.05) is 17.3 Å². The minimum absolute atomic E-state index is 0.0924. The molecule has 3 aromatic carbocycles. The average molecular weight is 490 g/mol. The summed E-state index contributed by atoms with van der Waals surface area (Å²) in [5.74, 6) is 0.458. The van der Waals surface area contributed by atoms with Gasteiger partial charge in [0.2, 0.25) is 0 Å². The fraction of sp³-hybridized carbons (Fsp3) is 0.120. The van der Waals surface area contributed by atoms with Gasteiger partial charge in [-0.15, -0.1) is 0 Å². The summed E-state index contributed by atoms with van der Waals surface area (Å²) in [7, 11) is 1.56. The summed E-state index contributed by atoms with van der Waals surface area (Å²) < 4.78 is 7.00. The zero-order valence-electron chi connectivity index (χ0n) is 18.6. The lowest BCUT2D eigenvalue weighted by molar-refractivity contribution is -0.385. The van der Waals surface area contributed by atoms with Crippen LogP contribution in [0.5, 0.6) is 5.75 Å². The number of benzene rings is 3. The molecular formula is C25H20ClN5O4. The lowest BCUT2D eigenvalue weighted by Crippen LogP contribution is -2.43. The maximum Gasteiger partial charge on any atom is 0.307 e. The van der Waals surface area contributed by atoms with E-state index in [0.717, 1.165) is 16.8 Å². The van der Waals surface area contributed by atoms with Crippen LogP contribution in [0.15, 0.2) is 79.1 Å². The van der Waals surface area contributed by atoms with Gasteiger partial charge in [-0.25, -0.2) is 0 Å². The number of para-hydroxylation sites is 1. The highest BCUT2D eigenvalue weighted by molar-refractivity contribution is 6.30. The van der Waals surface area contributed by atoms with Gasteiger partial charge in [0.1, 0.15) is 24.3 Å². The Labute approximate surface area is 205 Å². The molecule has 10 heteroatoms. The molecule has 0 spiro atoms. The van der Waals surface area contributed by atoms with Crippen LogP contribution < -0.4 is 15.0 Å². The molecule has 0 fully saturated rings. The third kappa shape index (κ3) is 4.29. The van der Waals surface area contributed by atoms with Gasteiger partial charge in [0, 0.05) is 22.0 Å². The van der Waals surface area contributed by atoms with Crippen molar-refractivity contribution in [3.63, 3.8) is 0 Å². The molecule has 9 nitrogen and oxygen atoms in total. The molecule has 176 valence electrons. The van der Waals surface area contributed by atoms with Gasteiger partial charge < -0.3 is 10.1 Å². The summed E-state index contributed by atoms with van der Waals surface area (Å²) in [6.07, 6.45) is 2.05. The number of ether oxygens (including phenoxy) is 1. The van der Waals surface area contributed by atoms with E-state index < -0.39 is 11.1 Å². The summed E-state index contributed by atoms with van der Waals surface area (Å²) in [5.41, 5.74) is 3.45. The van der Waals surface area contributed by atoms with E-state index in [1.165, 1.54) is 17.1 Å². The Balaban J connectivity index is 1.57. The van der Waals surface area contributed by atoms with Crippen molar-refractivity contribution >= 4 is 34.6 Å². The van der Waals surface area contributed by atoms with E-state index in [4.69, 9.17) is 16.3 Å². The number of nitro groups is 1. The van der Waals surface area contributed by atoms with Crippen LogP contribution in [-0.2, 0) is 6.54 Å². The lowest BCUT2D eigenvalue weighted by Gasteiger charge is -2.38. The predicted molar refractivity (Wildman–Crippen MR) is 132 cm³/mol. The first-order chi connectivity index (χ1) is 16.9. The maximum absolute atomic E-state index is 13.6. The molecule has 1 N–H and O–H groups in total. The van der Waals surface area contributed by atoms with Crippen molar-refractivity contribution in [3.8, 4) is 5.75 Å². The van der Waals surface area contributed by atoms with E-state index in [2.05, 4.69) is 10.4 Å². The number of nitrogens with zero attached hydrogens (tertiary/aromatic N) is 4. The quantitative estimate of drug-likeness (QED) is 0.292. The van der Waals surface area contributed by atoms with Crippen molar-refractivity contribution in [3.05, 3.63) is 111 Å². The van der Waals surface area contributed by atoms with Gasteiger partial charge >= 0.3 is 5.69 Å². The number of hydrogen-bond donors (Lipinski definition) is 1. The molecule has 35 heavy (non-hydrogen) atoms. The average Bonchev–Trinajstić information content (AvgIpc) is 3.34. The Kier molecular flexibility index (Phi) is 5.84. The van der Waals surface area contributed by atoms with E-state index in [0.29, 0.717) is 22.0 Å². The topological polar surface area (TPSA) is 103 Å². The van der Waals surface area contributed by atoms with Crippen LogP contribution >= 0.6 is 11.6 Å².